The summed E-state index contributed by atoms with van der Waals surface area (Å²) in [5.41, 5.74) is 0. The molecule has 1 aliphatic rings. The molecular formula is C17H24O2SeSi. The first kappa shape index (κ1) is 16.7. The van der Waals surface area contributed by atoms with Crippen molar-refractivity contribution >= 4 is 33.5 Å². The molecule has 0 fully saturated rings. The first-order valence-electron chi connectivity index (χ1n) is 7.35. The molecule has 0 heterocycles. The van der Waals surface area contributed by atoms with E-state index in [9.17, 15) is 4.79 Å². The average Bonchev–Trinajstić information content (AvgIpc) is 2.68. The van der Waals surface area contributed by atoms with Crippen molar-refractivity contribution in [3.63, 3.8) is 0 Å². The van der Waals surface area contributed by atoms with E-state index in [4.69, 9.17) is 4.43 Å². The van der Waals surface area contributed by atoms with Crippen molar-refractivity contribution in [3.05, 3.63) is 40.9 Å². The van der Waals surface area contributed by atoms with E-state index in [0.717, 1.165) is 4.47 Å². The summed E-state index contributed by atoms with van der Waals surface area (Å²) in [7, 11) is -1.81. The second-order valence-corrected chi connectivity index (χ2v) is 14.1. The number of hydrogen-bond donors (Lipinski definition) is 0. The van der Waals surface area contributed by atoms with Gasteiger partial charge in [0.2, 0.25) is 0 Å². The molecule has 1 aromatic carbocycles. The summed E-state index contributed by atoms with van der Waals surface area (Å²) in [5, 5.41) is 0.178. The Labute approximate surface area is 135 Å². The van der Waals surface area contributed by atoms with Gasteiger partial charge in [-0.1, -0.05) is 0 Å². The van der Waals surface area contributed by atoms with Crippen molar-refractivity contribution in [1.82, 2.24) is 0 Å². The van der Waals surface area contributed by atoms with E-state index in [0.29, 0.717) is 6.42 Å². The van der Waals surface area contributed by atoms with Gasteiger partial charge in [0.15, 0.2) is 0 Å². The summed E-state index contributed by atoms with van der Waals surface area (Å²) in [6.07, 6.45) is 2.59. The van der Waals surface area contributed by atoms with Crippen LogP contribution in [-0.2, 0) is 9.22 Å². The van der Waals surface area contributed by atoms with E-state index in [-0.39, 0.29) is 31.9 Å². The normalized spacial score (nSPS) is 19.8. The molecule has 1 aliphatic carbocycles. The minimum absolute atomic E-state index is 0.0148. The van der Waals surface area contributed by atoms with Crippen LogP contribution in [0.25, 0.3) is 0 Å². The van der Waals surface area contributed by atoms with Gasteiger partial charge in [0.05, 0.1) is 0 Å². The molecule has 0 aliphatic heterocycles. The zero-order valence-corrected chi connectivity index (χ0v) is 16.2. The Bertz CT molecular complexity index is 544. The molecule has 2 nitrogen and oxygen atoms in total. The minimum atomic E-state index is -1.81. The van der Waals surface area contributed by atoms with Gasteiger partial charge in [0.25, 0.3) is 0 Å². The molecule has 0 spiro atoms. The number of carbonyl (C=O) groups is 1. The monoisotopic (exact) mass is 368 g/mol. The molecule has 114 valence electrons. The third-order valence-electron chi connectivity index (χ3n) is 4.22. The number of allylic oxidation sites excluding steroid dienone is 1. The molecule has 0 saturated heterocycles. The third kappa shape index (κ3) is 4.16. The summed E-state index contributed by atoms with van der Waals surface area (Å²) in [4.78, 5) is 12.2. The van der Waals surface area contributed by atoms with Crippen molar-refractivity contribution in [3.8, 4) is 0 Å². The van der Waals surface area contributed by atoms with Gasteiger partial charge in [-0.25, -0.2) is 0 Å². The molecule has 0 saturated carbocycles. The number of rotatable bonds is 4. The predicted octanol–water partition coefficient (Wildman–Crippen LogP) is 3.26. The zero-order valence-electron chi connectivity index (χ0n) is 13.5. The third-order valence-corrected chi connectivity index (χ3v) is 11.0. The van der Waals surface area contributed by atoms with Crippen molar-refractivity contribution in [2.24, 2.45) is 0 Å². The van der Waals surface area contributed by atoms with Crippen LogP contribution in [0.5, 0.6) is 0 Å². The van der Waals surface area contributed by atoms with Crippen LogP contribution in [0.1, 0.15) is 27.2 Å². The molecule has 1 aromatic rings. The van der Waals surface area contributed by atoms with E-state index in [2.05, 4.69) is 52.1 Å². The molecule has 0 N–H and O–H groups in total. The van der Waals surface area contributed by atoms with Gasteiger partial charge in [-0.2, -0.15) is 0 Å². The maximum atomic E-state index is 12.2. The quantitative estimate of drug-likeness (QED) is 0.764. The summed E-state index contributed by atoms with van der Waals surface area (Å²) in [6, 6.07) is 10.3. The summed E-state index contributed by atoms with van der Waals surface area (Å²) in [6.45, 7) is 11.2. The van der Waals surface area contributed by atoms with Crippen LogP contribution in [0.4, 0.5) is 0 Å². The molecule has 1 atom stereocenters. The van der Waals surface area contributed by atoms with E-state index in [1.165, 1.54) is 4.46 Å². The first-order chi connectivity index (χ1) is 9.69. The Morgan fingerprint density at radius 1 is 1.19 bits per heavy atom. The fourth-order valence-corrected chi connectivity index (χ4v) is 5.23. The van der Waals surface area contributed by atoms with Crippen LogP contribution >= 0.6 is 0 Å². The van der Waals surface area contributed by atoms with E-state index >= 15 is 0 Å². The molecule has 2 rings (SSSR count). The summed E-state index contributed by atoms with van der Waals surface area (Å²) < 4.78 is 8.57. The zero-order chi connectivity index (χ0) is 15.7. The Morgan fingerprint density at radius 2 is 1.81 bits per heavy atom. The van der Waals surface area contributed by atoms with E-state index < -0.39 is 8.32 Å². The van der Waals surface area contributed by atoms with Crippen molar-refractivity contribution in [2.75, 3.05) is 0 Å². The second kappa shape index (κ2) is 6.21. The van der Waals surface area contributed by atoms with Gasteiger partial charge < -0.3 is 0 Å². The van der Waals surface area contributed by atoms with Crippen LogP contribution in [0.3, 0.4) is 0 Å². The second-order valence-electron chi connectivity index (χ2n) is 6.99. The molecule has 0 radical (unpaired) electrons. The molecule has 0 bridgehead atoms. The maximum absolute atomic E-state index is 12.2. The number of ketones is 1. The fourth-order valence-electron chi connectivity index (χ4n) is 1.94. The Kier molecular flexibility index (Phi) is 4.94. The molecule has 0 unspecified atom stereocenters. The number of benzene rings is 1. The van der Waals surface area contributed by atoms with E-state index in [1.807, 2.05) is 18.2 Å². The van der Waals surface area contributed by atoms with Gasteiger partial charge in [0, 0.05) is 0 Å². The molecule has 0 aromatic heterocycles. The van der Waals surface area contributed by atoms with Crippen LogP contribution in [0.15, 0.2) is 40.9 Å². The molecule has 21 heavy (non-hydrogen) atoms. The van der Waals surface area contributed by atoms with Crippen LogP contribution in [0.2, 0.25) is 18.1 Å². The van der Waals surface area contributed by atoms with Gasteiger partial charge in [-0.15, -0.1) is 0 Å². The summed E-state index contributed by atoms with van der Waals surface area (Å²) >= 11 is 0.101. The standard InChI is InChI=1S/C17H24O2SeSi/c1-17(2,3)21(4,5)19-13-11-15(18)16(12-13)20-14-9-7-6-8-10-14/h6-10,12-13H,11H2,1-5H3/t13-/m1/s1. The van der Waals surface area contributed by atoms with E-state index in [1.54, 1.807) is 0 Å². The molecular weight excluding hydrogens is 343 g/mol. The fraction of sp³-hybridized carbons (Fsp3) is 0.471. The van der Waals surface area contributed by atoms with Gasteiger partial charge in [-0.05, 0) is 0 Å². The Hall–Kier alpha value is -0.674. The first-order valence-corrected chi connectivity index (χ1v) is 12.0. The number of carbonyl (C=O) groups excluding carboxylic acids is 1. The molecule has 0 amide bonds. The van der Waals surface area contributed by atoms with Crippen molar-refractivity contribution < 1.29 is 9.22 Å². The Morgan fingerprint density at radius 3 is 2.38 bits per heavy atom. The van der Waals surface area contributed by atoms with Gasteiger partial charge in [0.1, 0.15) is 0 Å². The number of Topliss-reactive ketones (excluding diaryl/α,β-unsaturated/α-hetero) is 1. The predicted molar refractivity (Wildman–Crippen MR) is 91.6 cm³/mol. The summed E-state index contributed by atoms with van der Waals surface area (Å²) in [5.74, 6) is 0.266. The molecule has 4 heteroatoms. The van der Waals surface area contributed by atoms with Gasteiger partial charge >= 0.3 is 135 Å². The van der Waals surface area contributed by atoms with Crippen LogP contribution in [-0.4, -0.2) is 35.2 Å². The van der Waals surface area contributed by atoms with Crippen LogP contribution < -0.4 is 4.46 Å². The Balaban J connectivity index is 2.07. The van der Waals surface area contributed by atoms with Gasteiger partial charge in [-0.3, -0.25) is 0 Å². The van der Waals surface area contributed by atoms with Crippen molar-refractivity contribution in [2.45, 2.75) is 51.4 Å². The average molecular weight is 367 g/mol. The van der Waals surface area contributed by atoms with Crippen LogP contribution in [0, 0.1) is 0 Å². The topological polar surface area (TPSA) is 26.3 Å². The van der Waals surface area contributed by atoms with Crippen molar-refractivity contribution in [1.29, 1.82) is 0 Å². The number of hydrogen-bond acceptors (Lipinski definition) is 2. The SMILES string of the molecule is CC(C)(C)[Si](C)(C)O[C@H]1C=C([Se]c2ccccc2)C(=O)C1.